The van der Waals surface area contributed by atoms with Crippen LogP contribution in [-0.4, -0.2) is 35.2 Å². The summed E-state index contributed by atoms with van der Waals surface area (Å²) in [6.45, 7) is 4.56. The molecule has 2 heterocycles. The zero-order chi connectivity index (χ0) is 15.5. The number of rotatable bonds is 4. The van der Waals surface area contributed by atoms with E-state index in [9.17, 15) is 9.90 Å². The number of hydrogen-bond donors (Lipinski definition) is 2. The molecule has 1 aromatic heterocycles. The molecule has 1 aliphatic heterocycles. The molecule has 2 N–H and O–H groups in total. The molecule has 5 nitrogen and oxygen atoms in total. The van der Waals surface area contributed by atoms with Gasteiger partial charge < -0.3 is 15.3 Å². The third kappa shape index (κ3) is 3.24. The van der Waals surface area contributed by atoms with Crippen molar-refractivity contribution >= 4 is 11.7 Å². The topological polar surface area (TPSA) is 65.5 Å². The van der Waals surface area contributed by atoms with E-state index in [2.05, 4.69) is 21.3 Å². The fourth-order valence-corrected chi connectivity index (χ4v) is 3.47. The van der Waals surface area contributed by atoms with Gasteiger partial charge in [-0.15, -0.1) is 0 Å². The first-order chi connectivity index (χ1) is 10.6. The molecule has 1 saturated carbocycles. The lowest BCUT2D eigenvalue weighted by molar-refractivity contribution is -0.127. The molecule has 2 atom stereocenters. The maximum absolute atomic E-state index is 12.2. The van der Waals surface area contributed by atoms with Gasteiger partial charge in [-0.05, 0) is 45.1 Å². The van der Waals surface area contributed by atoms with Gasteiger partial charge in [-0.1, -0.05) is 6.07 Å². The first-order valence-electron chi connectivity index (χ1n) is 8.32. The van der Waals surface area contributed by atoms with Crippen LogP contribution in [0.15, 0.2) is 12.1 Å². The molecule has 0 aromatic carbocycles. The Morgan fingerprint density at radius 1 is 1.32 bits per heavy atom. The van der Waals surface area contributed by atoms with E-state index in [-0.39, 0.29) is 11.8 Å². The van der Waals surface area contributed by atoms with Crippen LogP contribution in [-0.2, 0) is 11.3 Å². The predicted octanol–water partition coefficient (Wildman–Crippen LogP) is 1.77. The second-order valence-corrected chi connectivity index (χ2v) is 6.45. The number of aromatic nitrogens is 1. The van der Waals surface area contributed by atoms with Crippen LogP contribution in [0.4, 0.5) is 5.82 Å². The number of aliphatic hydroxyl groups excluding tert-OH is 1. The summed E-state index contributed by atoms with van der Waals surface area (Å²) >= 11 is 0. The largest absolute Gasteiger partial charge is 0.392 e. The second kappa shape index (κ2) is 6.65. The van der Waals surface area contributed by atoms with E-state index in [1.807, 2.05) is 13.0 Å². The molecular weight excluding hydrogens is 278 g/mol. The van der Waals surface area contributed by atoms with Crippen LogP contribution in [0.1, 0.15) is 43.4 Å². The van der Waals surface area contributed by atoms with Crippen LogP contribution in [0.5, 0.6) is 0 Å². The van der Waals surface area contributed by atoms with Crippen molar-refractivity contribution in [2.24, 2.45) is 5.92 Å². The van der Waals surface area contributed by atoms with E-state index < -0.39 is 6.10 Å². The first kappa shape index (κ1) is 15.3. The fraction of sp³-hybridized carbons (Fsp3) is 0.647. The maximum atomic E-state index is 12.2. The number of nitrogens with one attached hydrogen (secondary N) is 1. The number of anilines is 1. The Morgan fingerprint density at radius 2 is 2.09 bits per heavy atom. The van der Waals surface area contributed by atoms with Crippen molar-refractivity contribution in [2.75, 3.05) is 18.0 Å². The molecule has 1 aromatic rings. The zero-order valence-corrected chi connectivity index (χ0v) is 13.2. The van der Waals surface area contributed by atoms with Crippen molar-refractivity contribution in [1.82, 2.24) is 10.3 Å². The highest BCUT2D eigenvalue weighted by Crippen LogP contribution is 2.26. The third-order valence-electron chi connectivity index (χ3n) is 4.77. The number of amides is 1. The normalized spacial score (nSPS) is 24.7. The Bertz CT molecular complexity index is 541. The van der Waals surface area contributed by atoms with Crippen molar-refractivity contribution in [3.05, 3.63) is 23.4 Å². The van der Waals surface area contributed by atoms with Gasteiger partial charge in [0.1, 0.15) is 5.82 Å². The van der Waals surface area contributed by atoms with E-state index in [4.69, 9.17) is 0 Å². The predicted molar refractivity (Wildman–Crippen MR) is 85.6 cm³/mol. The number of carbonyl (C=O) groups is 1. The van der Waals surface area contributed by atoms with Crippen molar-refractivity contribution in [3.63, 3.8) is 0 Å². The molecule has 3 rings (SSSR count). The van der Waals surface area contributed by atoms with Crippen LogP contribution >= 0.6 is 0 Å². The Hall–Kier alpha value is -1.62. The van der Waals surface area contributed by atoms with E-state index in [0.717, 1.165) is 49.4 Å². The Balaban J connectivity index is 1.68. The average Bonchev–Trinajstić information content (AvgIpc) is 3.16. The standard InChI is InChI=1S/C17H25N3O2/c1-12-7-8-13(16(19-12)20-9-2-3-10-20)11-18-17(22)14-5-4-6-15(14)21/h7-8,14-15,21H,2-6,9-11H2,1H3,(H,18,22). The Morgan fingerprint density at radius 3 is 2.77 bits per heavy atom. The van der Waals surface area contributed by atoms with Gasteiger partial charge in [-0.2, -0.15) is 0 Å². The molecule has 5 heteroatoms. The highest BCUT2D eigenvalue weighted by molar-refractivity contribution is 5.79. The quantitative estimate of drug-likeness (QED) is 0.889. The van der Waals surface area contributed by atoms with Gasteiger partial charge in [0.2, 0.25) is 5.91 Å². The van der Waals surface area contributed by atoms with Gasteiger partial charge in [0.15, 0.2) is 0 Å². The number of aryl methyl sites for hydroxylation is 1. The minimum absolute atomic E-state index is 0.0297. The summed E-state index contributed by atoms with van der Waals surface area (Å²) in [6.07, 6.45) is 4.39. The monoisotopic (exact) mass is 303 g/mol. The molecule has 2 fully saturated rings. The molecular formula is C17H25N3O2. The number of pyridine rings is 1. The van der Waals surface area contributed by atoms with E-state index in [0.29, 0.717) is 6.54 Å². The van der Waals surface area contributed by atoms with Gasteiger partial charge in [0, 0.05) is 30.9 Å². The smallest absolute Gasteiger partial charge is 0.225 e. The van der Waals surface area contributed by atoms with Crippen LogP contribution in [0, 0.1) is 12.8 Å². The summed E-state index contributed by atoms with van der Waals surface area (Å²) in [5.41, 5.74) is 2.07. The van der Waals surface area contributed by atoms with Crippen LogP contribution in [0.25, 0.3) is 0 Å². The minimum atomic E-state index is -0.478. The van der Waals surface area contributed by atoms with Gasteiger partial charge in [0.05, 0.1) is 12.0 Å². The second-order valence-electron chi connectivity index (χ2n) is 6.45. The number of nitrogens with zero attached hydrogens (tertiary/aromatic N) is 2. The third-order valence-corrected chi connectivity index (χ3v) is 4.77. The molecule has 22 heavy (non-hydrogen) atoms. The lowest BCUT2D eigenvalue weighted by atomic mass is 10.1. The molecule has 1 aliphatic carbocycles. The highest BCUT2D eigenvalue weighted by Gasteiger charge is 2.31. The fourth-order valence-electron chi connectivity index (χ4n) is 3.47. The van der Waals surface area contributed by atoms with Gasteiger partial charge in [-0.3, -0.25) is 4.79 Å². The average molecular weight is 303 g/mol. The summed E-state index contributed by atoms with van der Waals surface area (Å²) in [5.74, 6) is 0.733. The van der Waals surface area contributed by atoms with Crippen molar-refractivity contribution in [1.29, 1.82) is 0 Å². The SMILES string of the molecule is Cc1ccc(CNC(=O)C2CCCC2O)c(N2CCCC2)n1. The van der Waals surface area contributed by atoms with Gasteiger partial charge in [-0.25, -0.2) is 4.98 Å². The molecule has 2 aliphatic rings. The molecule has 0 radical (unpaired) electrons. The van der Waals surface area contributed by atoms with Gasteiger partial charge in [0.25, 0.3) is 0 Å². The number of hydrogen-bond acceptors (Lipinski definition) is 4. The molecule has 120 valence electrons. The lowest BCUT2D eigenvalue weighted by Gasteiger charge is -2.21. The van der Waals surface area contributed by atoms with E-state index in [1.54, 1.807) is 0 Å². The summed E-state index contributed by atoms with van der Waals surface area (Å²) in [6, 6.07) is 4.05. The van der Waals surface area contributed by atoms with Crippen LogP contribution in [0.3, 0.4) is 0 Å². The van der Waals surface area contributed by atoms with Crippen LogP contribution in [0.2, 0.25) is 0 Å². The molecule has 0 spiro atoms. The lowest BCUT2D eigenvalue weighted by Crippen LogP contribution is -2.35. The minimum Gasteiger partial charge on any atom is -0.392 e. The highest BCUT2D eigenvalue weighted by atomic mass is 16.3. The van der Waals surface area contributed by atoms with E-state index in [1.165, 1.54) is 12.8 Å². The van der Waals surface area contributed by atoms with Gasteiger partial charge >= 0.3 is 0 Å². The number of carbonyl (C=O) groups excluding carboxylic acids is 1. The van der Waals surface area contributed by atoms with Crippen LogP contribution < -0.4 is 10.2 Å². The summed E-state index contributed by atoms with van der Waals surface area (Å²) in [5, 5.41) is 12.8. The maximum Gasteiger partial charge on any atom is 0.225 e. The van der Waals surface area contributed by atoms with Crippen molar-refractivity contribution in [2.45, 2.75) is 51.7 Å². The number of aliphatic hydroxyl groups is 1. The summed E-state index contributed by atoms with van der Waals surface area (Å²) in [4.78, 5) is 19.2. The zero-order valence-electron chi connectivity index (χ0n) is 13.2. The molecule has 0 bridgehead atoms. The van der Waals surface area contributed by atoms with Crippen molar-refractivity contribution < 1.29 is 9.90 Å². The Labute approximate surface area is 131 Å². The Kier molecular flexibility index (Phi) is 4.62. The summed E-state index contributed by atoms with van der Waals surface area (Å²) in [7, 11) is 0. The summed E-state index contributed by atoms with van der Waals surface area (Å²) < 4.78 is 0. The van der Waals surface area contributed by atoms with Crippen molar-refractivity contribution in [3.8, 4) is 0 Å². The molecule has 1 saturated heterocycles. The van der Waals surface area contributed by atoms with E-state index >= 15 is 0 Å². The first-order valence-corrected chi connectivity index (χ1v) is 8.32. The molecule has 2 unspecified atom stereocenters. The molecule has 1 amide bonds.